The Morgan fingerprint density at radius 1 is 1.00 bits per heavy atom. The Morgan fingerprint density at radius 2 is 1.78 bits per heavy atom. The van der Waals surface area contributed by atoms with Crippen LogP contribution in [-0.4, -0.2) is 21.5 Å². The number of anilines is 2. The molecule has 4 N–H and O–H groups in total. The molecule has 0 fully saturated rings. The molecule has 0 spiro atoms. The first-order valence-electron chi connectivity index (χ1n) is 5.63. The van der Waals surface area contributed by atoms with Crippen LogP contribution in [0.1, 0.15) is 0 Å². The normalized spacial score (nSPS) is 14.7. The predicted molar refractivity (Wildman–Crippen MR) is 72.3 cm³/mol. The number of benzene rings is 2. The Morgan fingerprint density at radius 3 is 2.56 bits per heavy atom. The lowest BCUT2D eigenvalue weighted by Crippen LogP contribution is -2.20. The van der Waals surface area contributed by atoms with E-state index in [9.17, 15) is 8.42 Å². The standard InChI is InChI=1S/C12H13N3O2S/c13-18(16,17)11-3-1-2-9-8(11)4-5-10-12(9)15-7-6-14-10/h1-5,14-15H,6-7H2,(H2,13,16,17). The van der Waals surface area contributed by atoms with Crippen molar-refractivity contribution in [2.45, 2.75) is 4.90 Å². The van der Waals surface area contributed by atoms with Crippen molar-refractivity contribution < 1.29 is 8.42 Å². The fraction of sp³-hybridized carbons (Fsp3) is 0.167. The van der Waals surface area contributed by atoms with Crippen molar-refractivity contribution in [3.05, 3.63) is 30.3 Å². The minimum Gasteiger partial charge on any atom is -0.382 e. The molecule has 2 aromatic rings. The highest BCUT2D eigenvalue weighted by Crippen LogP contribution is 2.35. The molecule has 94 valence electrons. The number of hydrogen-bond donors (Lipinski definition) is 3. The summed E-state index contributed by atoms with van der Waals surface area (Å²) in [5.74, 6) is 0. The van der Waals surface area contributed by atoms with Gasteiger partial charge >= 0.3 is 0 Å². The van der Waals surface area contributed by atoms with Crippen LogP contribution >= 0.6 is 0 Å². The van der Waals surface area contributed by atoms with E-state index < -0.39 is 10.0 Å². The van der Waals surface area contributed by atoms with Crippen molar-refractivity contribution in [1.29, 1.82) is 0 Å². The highest BCUT2D eigenvalue weighted by Gasteiger charge is 2.16. The minimum atomic E-state index is -3.70. The zero-order valence-electron chi connectivity index (χ0n) is 9.60. The second kappa shape index (κ2) is 3.86. The topological polar surface area (TPSA) is 84.2 Å². The average molecular weight is 263 g/mol. The molecule has 6 heteroatoms. The Balaban J connectivity index is 2.38. The molecule has 1 heterocycles. The van der Waals surface area contributed by atoms with Crippen LogP contribution in [0, 0.1) is 0 Å². The van der Waals surface area contributed by atoms with Gasteiger partial charge in [0.05, 0.1) is 16.3 Å². The summed E-state index contributed by atoms with van der Waals surface area (Å²) >= 11 is 0. The van der Waals surface area contributed by atoms with Crippen LogP contribution in [0.4, 0.5) is 11.4 Å². The minimum absolute atomic E-state index is 0.162. The fourth-order valence-corrected chi connectivity index (χ4v) is 3.05. The van der Waals surface area contributed by atoms with Gasteiger partial charge in [0.25, 0.3) is 0 Å². The summed E-state index contributed by atoms with van der Waals surface area (Å²) in [6, 6.07) is 8.79. The van der Waals surface area contributed by atoms with E-state index in [1.807, 2.05) is 12.1 Å². The zero-order valence-corrected chi connectivity index (χ0v) is 10.4. The van der Waals surface area contributed by atoms with E-state index in [-0.39, 0.29) is 4.90 Å². The van der Waals surface area contributed by atoms with Crippen LogP contribution in [0.3, 0.4) is 0 Å². The highest BCUT2D eigenvalue weighted by atomic mass is 32.2. The fourth-order valence-electron chi connectivity index (χ4n) is 2.30. The zero-order chi connectivity index (χ0) is 12.8. The smallest absolute Gasteiger partial charge is 0.238 e. The molecule has 1 aliphatic rings. The van der Waals surface area contributed by atoms with Gasteiger partial charge in [-0.15, -0.1) is 0 Å². The SMILES string of the molecule is NS(=O)(=O)c1cccc2c3c(ccc12)NCCN3. The first-order chi connectivity index (χ1) is 8.57. The molecule has 1 aliphatic heterocycles. The summed E-state index contributed by atoms with van der Waals surface area (Å²) in [7, 11) is -3.70. The van der Waals surface area contributed by atoms with Gasteiger partial charge in [-0.2, -0.15) is 0 Å². The van der Waals surface area contributed by atoms with Crippen molar-refractivity contribution in [2.75, 3.05) is 23.7 Å². The van der Waals surface area contributed by atoms with E-state index in [0.717, 1.165) is 29.9 Å². The number of hydrogen-bond acceptors (Lipinski definition) is 4. The maximum atomic E-state index is 11.6. The Bertz CT molecular complexity index is 725. The third-order valence-corrected chi connectivity index (χ3v) is 4.04. The van der Waals surface area contributed by atoms with E-state index in [0.29, 0.717) is 5.39 Å². The van der Waals surface area contributed by atoms with Gasteiger partial charge in [0.2, 0.25) is 10.0 Å². The van der Waals surface area contributed by atoms with Gasteiger partial charge in [0, 0.05) is 23.9 Å². The second-order valence-electron chi connectivity index (χ2n) is 4.24. The molecule has 3 rings (SSSR count). The van der Waals surface area contributed by atoms with Crippen LogP contribution in [0.5, 0.6) is 0 Å². The van der Waals surface area contributed by atoms with Crippen molar-refractivity contribution in [3.63, 3.8) is 0 Å². The summed E-state index contributed by atoms with van der Waals surface area (Å²) in [6.45, 7) is 1.67. The molecule has 0 aromatic heterocycles. The molecule has 2 aromatic carbocycles. The molecule has 0 amide bonds. The maximum absolute atomic E-state index is 11.6. The monoisotopic (exact) mass is 263 g/mol. The van der Waals surface area contributed by atoms with Crippen LogP contribution < -0.4 is 15.8 Å². The summed E-state index contributed by atoms with van der Waals surface area (Å²) < 4.78 is 23.1. The number of primary sulfonamides is 1. The van der Waals surface area contributed by atoms with E-state index in [4.69, 9.17) is 5.14 Å². The molecule has 18 heavy (non-hydrogen) atoms. The van der Waals surface area contributed by atoms with Crippen LogP contribution in [-0.2, 0) is 10.0 Å². The van der Waals surface area contributed by atoms with Crippen molar-refractivity contribution >= 4 is 32.2 Å². The first-order valence-corrected chi connectivity index (χ1v) is 7.18. The molecule has 0 aliphatic carbocycles. The number of nitrogens with two attached hydrogens (primary N) is 1. The van der Waals surface area contributed by atoms with Gasteiger partial charge in [-0.1, -0.05) is 18.2 Å². The van der Waals surface area contributed by atoms with Crippen molar-refractivity contribution in [2.24, 2.45) is 5.14 Å². The molecule has 0 unspecified atom stereocenters. The van der Waals surface area contributed by atoms with E-state index in [1.54, 1.807) is 12.1 Å². The number of fused-ring (bicyclic) bond motifs is 3. The van der Waals surface area contributed by atoms with Gasteiger partial charge < -0.3 is 10.6 Å². The third kappa shape index (κ3) is 1.70. The van der Waals surface area contributed by atoms with Gasteiger partial charge in [0.15, 0.2) is 0 Å². The maximum Gasteiger partial charge on any atom is 0.238 e. The Labute approximate surface area is 105 Å². The largest absolute Gasteiger partial charge is 0.382 e. The van der Waals surface area contributed by atoms with Crippen molar-refractivity contribution in [3.8, 4) is 0 Å². The first kappa shape index (κ1) is 11.3. The van der Waals surface area contributed by atoms with Gasteiger partial charge in [-0.05, 0) is 12.1 Å². The lowest BCUT2D eigenvalue weighted by Gasteiger charge is -2.22. The molecule has 0 bridgehead atoms. The molecule has 0 saturated carbocycles. The Kier molecular flexibility index (Phi) is 2.42. The number of rotatable bonds is 1. The molecular weight excluding hydrogens is 250 g/mol. The lowest BCUT2D eigenvalue weighted by molar-refractivity contribution is 0.598. The predicted octanol–water partition coefficient (Wildman–Crippen LogP) is 1.32. The molecule has 0 atom stereocenters. The summed E-state index contributed by atoms with van der Waals surface area (Å²) in [5.41, 5.74) is 1.92. The number of nitrogens with one attached hydrogen (secondary N) is 2. The second-order valence-corrected chi connectivity index (χ2v) is 5.77. The lowest BCUT2D eigenvalue weighted by atomic mass is 10.1. The summed E-state index contributed by atoms with van der Waals surface area (Å²) in [4.78, 5) is 0.162. The molecule has 5 nitrogen and oxygen atoms in total. The van der Waals surface area contributed by atoms with Crippen LogP contribution in [0.2, 0.25) is 0 Å². The molecule has 0 saturated heterocycles. The average Bonchev–Trinajstić information content (AvgIpc) is 2.36. The van der Waals surface area contributed by atoms with Crippen LogP contribution in [0.25, 0.3) is 10.8 Å². The van der Waals surface area contributed by atoms with Gasteiger partial charge in [-0.25, -0.2) is 13.6 Å². The summed E-state index contributed by atoms with van der Waals surface area (Å²) in [5, 5.41) is 13.3. The summed E-state index contributed by atoms with van der Waals surface area (Å²) in [6.07, 6.45) is 0. The van der Waals surface area contributed by atoms with E-state index in [1.165, 1.54) is 6.07 Å². The highest BCUT2D eigenvalue weighted by molar-refractivity contribution is 7.89. The van der Waals surface area contributed by atoms with Gasteiger partial charge in [0.1, 0.15) is 0 Å². The Hall–Kier alpha value is -1.79. The molecule has 0 radical (unpaired) electrons. The quantitative estimate of drug-likeness (QED) is 0.724. The van der Waals surface area contributed by atoms with E-state index in [2.05, 4.69) is 10.6 Å². The molecular formula is C12H13N3O2S. The third-order valence-electron chi connectivity index (χ3n) is 3.07. The number of sulfonamides is 1. The van der Waals surface area contributed by atoms with Crippen molar-refractivity contribution in [1.82, 2.24) is 0 Å². The van der Waals surface area contributed by atoms with Gasteiger partial charge in [-0.3, -0.25) is 0 Å². The van der Waals surface area contributed by atoms with Crippen LogP contribution in [0.15, 0.2) is 35.2 Å². The van der Waals surface area contributed by atoms with E-state index >= 15 is 0 Å².